The predicted molar refractivity (Wildman–Crippen MR) is 95.2 cm³/mol. The van der Waals surface area contributed by atoms with Gasteiger partial charge < -0.3 is 10.6 Å². The molecule has 1 aromatic heterocycles. The molecule has 1 aliphatic rings. The molecule has 0 saturated carbocycles. The molecule has 0 unspecified atom stereocenters. The number of rotatable bonds is 6. The molecule has 0 spiro atoms. The van der Waals surface area contributed by atoms with Gasteiger partial charge in [0.2, 0.25) is 5.91 Å². The molecule has 1 aromatic carbocycles. The molecule has 1 atom stereocenters. The minimum Gasteiger partial charge on any atom is -0.354 e. The van der Waals surface area contributed by atoms with Crippen LogP contribution in [0.5, 0.6) is 0 Å². The summed E-state index contributed by atoms with van der Waals surface area (Å²) in [5.74, 6) is 0.424. The van der Waals surface area contributed by atoms with Crippen LogP contribution in [0.2, 0.25) is 5.02 Å². The lowest BCUT2D eigenvalue weighted by atomic mass is 9.96. The van der Waals surface area contributed by atoms with Crippen molar-refractivity contribution in [2.75, 3.05) is 19.6 Å². The number of carbonyl (C=O) groups excluding carboxylic acids is 1. The molecule has 2 N–H and O–H groups in total. The van der Waals surface area contributed by atoms with Gasteiger partial charge in [0.1, 0.15) is 6.54 Å². The van der Waals surface area contributed by atoms with Crippen molar-refractivity contribution in [3.63, 3.8) is 0 Å². The monoisotopic (exact) mass is 346 g/mol. The number of aromatic nitrogens is 2. The van der Waals surface area contributed by atoms with Gasteiger partial charge in [-0.05, 0) is 43.5 Å². The fourth-order valence-corrected chi connectivity index (χ4v) is 3.39. The zero-order valence-corrected chi connectivity index (χ0v) is 14.4. The highest BCUT2D eigenvalue weighted by molar-refractivity contribution is 6.31. The molecule has 2 aromatic rings. The SMILES string of the molecule is O=C(Cn1nccc1[C@@H]1CCCNC1)NCCc1ccccc1Cl. The Morgan fingerprint density at radius 1 is 1.38 bits per heavy atom. The molecule has 5 nitrogen and oxygen atoms in total. The summed E-state index contributed by atoms with van der Waals surface area (Å²) in [6.45, 7) is 2.87. The van der Waals surface area contributed by atoms with E-state index in [0.717, 1.165) is 42.2 Å². The number of benzene rings is 1. The van der Waals surface area contributed by atoms with E-state index in [1.54, 1.807) is 6.20 Å². The van der Waals surface area contributed by atoms with Crippen LogP contribution >= 0.6 is 11.6 Å². The standard InChI is InChI=1S/C18H23ClN4O/c19-16-6-2-1-4-14(16)7-10-21-18(24)13-23-17(8-11-22-23)15-5-3-9-20-12-15/h1-2,4,6,8,11,15,20H,3,5,7,9-10,12-13H2,(H,21,24)/t15-/m1/s1. The lowest BCUT2D eigenvalue weighted by molar-refractivity contribution is -0.121. The molecule has 1 amide bonds. The van der Waals surface area contributed by atoms with E-state index >= 15 is 0 Å². The smallest absolute Gasteiger partial charge is 0.241 e. The van der Waals surface area contributed by atoms with Crippen LogP contribution in [0.25, 0.3) is 0 Å². The van der Waals surface area contributed by atoms with Gasteiger partial charge in [0.25, 0.3) is 0 Å². The van der Waals surface area contributed by atoms with Crippen molar-refractivity contribution >= 4 is 17.5 Å². The third-order valence-corrected chi connectivity index (χ3v) is 4.80. The highest BCUT2D eigenvalue weighted by atomic mass is 35.5. The van der Waals surface area contributed by atoms with E-state index in [2.05, 4.69) is 15.7 Å². The Balaban J connectivity index is 1.50. The van der Waals surface area contributed by atoms with Gasteiger partial charge in [-0.15, -0.1) is 0 Å². The summed E-state index contributed by atoms with van der Waals surface area (Å²) in [7, 11) is 0. The quantitative estimate of drug-likeness (QED) is 0.844. The zero-order chi connectivity index (χ0) is 16.8. The van der Waals surface area contributed by atoms with Gasteiger partial charge in [-0.2, -0.15) is 5.10 Å². The van der Waals surface area contributed by atoms with Gasteiger partial charge >= 0.3 is 0 Å². The summed E-state index contributed by atoms with van der Waals surface area (Å²) >= 11 is 6.13. The van der Waals surface area contributed by atoms with Crippen molar-refractivity contribution in [1.29, 1.82) is 0 Å². The van der Waals surface area contributed by atoms with E-state index < -0.39 is 0 Å². The minimum absolute atomic E-state index is 0.0178. The molecule has 128 valence electrons. The van der Waals surface area contributed by atoms with Crippen molar-refractivity contribution in [1.82, 2.24) is 20.4 Å². The highest BCUT2D eigenvalue weighted by Gasteiger charge is 2.19. The van der Waals surface area contributed by atoms with Crippen LogP contribution in [-0.2, 0) is 17.8 Å². The van der Waals surface area contributed by atoms with Crippen LogP contribution in [0.3, 0.4) is 0 Å². The van der Waals surface area contributed by atoms with Crippen LogP contribution in [0, 0.1) is 0 Å². The van der Waals surface area contributed by atoms with Gasteiger partial charge in [0.15, 0.2) is 0 Å². The van der Waals surface area contributed by atoms with Crippen LogP contribution in [0.4, 0.5) is 0 Å². The maximum atomic E-state index is 12.2. The Bertz CT molecular complexity index is 679. The summed E-state index contributed by atoms with van der Waals surface area (Å²) in [5.41, 5.74) is 2.19. The maximum absolute atomic E-state index is 12.2. The molecule has 1 saturated heterocycles. The first-order valence-electron chi connectivity index (χ1n) is 8.46. The minimum atomic E-state index is -0.0178. The van der Waals surface area contributed by atoms with Crippen molar-refractivity contribution in [3.8, 4) is 0 Å². The van der Waals surface area contributed by atoms with Crippen LogP contribution < -0.4 is 10.6 Å². The molecule has 0 radical (unpaired) electrons. The van der Waals surface area contributed by atoms with E-state index in [-0.39, 0.29) is 12.5 Å². The highest BCUT2D eigenvalue weighted by Crippen LogP contribution is 2.22. The fraction of sp³-hybridized carbons (Fsp3) is 0.444. The van der Waals surface area contributed by atoms with E-state index in [9.17, 15) is 4.79 Å². The van der Waals surface area contributed by atoms with E-state index in [4.69, 9.17) is 11.6 Å². The third kappa shape index (κ3) is 4.36. The summed E-state index contributed by atoms with van der Waals surface area (Å²) in [6, 6.07) is 9.73. The summed E-state index contributed by atoms with van der Waals surface area (Å²) < 4.78 is 1.82. The topological polar surface area (TPSA) is 59.0 Å². The van der Waals surface area contributed by atoms with Gasteiger partial charge in [0.05, 0.1) is 0 Å². The number of nitrogens with one attached hydrogen (secondary N) is 2. The largest absolute Gasteiger partial charge is 0.354 e. The van der Waals surface area contributed by atoms with Crippen molar-refractivity contribution in [2.45, 2.75) is 31.7 Å². The van der Waals surface area contributed by atoms with Crippen LogP contribution in [-0.4, -0.2) is 35.3 Å². The summed E-state index contributed by atoms with van der Waals surface area (Å²) in [5, 5.41) is 11.4. The molecule has 1 fully saturated rings. The third-order valence-electron chi connectivity index (χ3n) is 4.43. The second-order valence-corrected chi connectivity index (χ2v) is 6.56. The molecule has 0 bridgehead atoms. The number of nitrogens with zero attached hydrogens (tertiary/aromatic N) is 2. The molecule has 0 aliphatic carbocycles. The first kappa shape index (κ1) is 17.0. The fourth-order valence-electron chi connectivity index (χ4n) is 3.16. The molecule has 6 heteroatoms. The number of amides is 1. The van der Waals surface area contributed by atoms with E-state index in [1.165, 1.54) is 6.42 Å². The van der Waals surface area contributed by atoms with Gasteiger partial charge in [-0.1, -0.05) is 29.8 Å². The van der Waals surface area contributed by atoms with Crippen LogP contribution in [0.1, 0.15) is 30.0 Å². The predicted octanol–water partition coefficient (Wildman–Crippen LogP) is 2.36. The Kier molecular flexibility index (Phi) is 5.88. The Labute approximate surface area is 147 Å². The summed E-state index contributed by atoms with van der Waals surface area (Å²) in [4.78, 5) is 12.2. The van der Waals surface area contributed by atoms with Gasteiger partial charge in [-0.3, -0.25) is 9.48 Å². The average Bonchev–Trinajstić information content (AvgIpc) is 3.05. The first-order chi connectivity index (χ1) is 11.7. The van der Waals surface area contributed by atoms with Crippen LogP contribution in [0.15, 0.2) is 36.5 Å². The van der Waals surface area contributed by atoms with E-state index in [1.807, 2.05) is 35.0 Å². The molecular formula is C18H23ClN4O. The summed E-state index contributed by atoms with van der Waals surface area (Å²) in [6.07, 6.45) is 4.82. The average molecular weight is 347 g/mol. The van der Waals surface area contributed by atoms with Crippen molar-refractivity contribution in [2.24, 2.45) is 0 Å². The van der Waals surface area contributed by atoms with E-state index in [0.29, 0.717) is 12.5 Å². The number of hydrogen-bond acceptors (Lipinski definition) is 3. The zero-order valence-electron chi connectivity index (χ0n) is 13.7. The number of hydrogen-bond donors (Lipinski definition) is 2. The Hall–Kier alpha value is -1.85. The number of piperidine rings is 1. The van der Waals surface area contributed by atoms with Crippen molar-refractivity contribution < 1.29 is 4.79 Å². The number of halogens is 1. The molecule has 3 rings (SSSR count). The van der Waals surface area contributed by atoms with Crippen molar-refractivity contribution in [3.05, 3.63) is 52.8 Å². The Morgan fingerprint density at radius 3 is 3.04 bits per heavy atom. The number of carbonyl (C=O) groups is 1. The lowest BCUT2D eigenvalue weighted by Crippen LogP contribution is -2.33. The Morgan fingerprint density at radius 2 is 2.25 bits per heavy atom. The van der Waals surface area contributed by atoms with Gasteiger partial charge in [0, 0.05) is 35.9 Å². The van der Waals surface area contributed by atoms with Gasteiger partial charge in [-0.25, -0.2) is 0 Å². The molecule has 2 heterocycles. The molecular weight excluding hydrogens is 324 g/mol. The normalized spacial score (nSPS) is 17.6. The molecule has 1 aliphatic heterocycles. The second-order valence-electron chi connectivity index (χ2n) is 6.15. The second kappa shape index (κ2) is 8.31. The first-order valence-corrected chi connectivity index (χ1v) is 8.84. The molecule has 24 heavy (non-hydrogen) atoms. The maximum Gasteiger partial charge on any atom is 0.241 e. The lowest BCUT2D eigenvalue weighted by Gasteiger charge is -2.23.